The van der Waals surface area contributed by atoms with Gasteiger partial charge in [-0.05, 0) is 62.1 Å². The molecule has 0 aliphatic rings. The van der Waals surface area contributed by atoms with Crippen LogP contribution in [0.4, 0.5) is 0 Å². The minimum atomic E-state index is 0.708. The second-order valence-electron chi connectivity index (χ2n) is 7.33. The van der Waals surface area contributed by atoms with Gasteiger partial charge in [-0.3, -0.25) is 0 Å². The van der Waals surface area contributed by atoms with Crippen LogP contribution in [0.15, 0.2) is 66.7 Å². The molecule has 0 saturated carbocycles. The highest BCUT2D eigenvalue weighted by atomic mass is 35.5. The largest absolute Gasteiger partial charge is 0.493 e. The Hall–Kier alpha value is -2.78. The van der Waals surface area contributed by atoms with E-state index in [0.717, 1.165) is 52.6 Å². The Morgan fingerprint density at radius 1 is 0.862 bits per heavy atom. The van der Waals surface area contributed by atoms with Crippen LogP contribution < -0.4 is 4.74 Å². The van der Waals surface area contributed by atoms with Crippen molar-refractivity contribution in [1.29, 1.82) is 0 Å². The van der Waals surface area contributed by atoms with Crippen LogP contribution >= 0.6 is 11.6 Å². The lowest BCUT2D eigenvalue weighted by atomic mass is 10.1. The lowest BCUT2D eigenvalue weighted by Gasteiger charge is -2.13. The third-order valence-electron chi connectivity index (χ3n) is 5.20. The zero-order valence-corrected chi connectivity index (χ0v) is 17.6. The zero-order valence-electron chi connectivity index (χ0n) is 16.9. The number of hydrogen-bond acceptors (Lipinski definition) is 2. The maximum atomic E-state index is 6.47. The number of aromatic nitrogens is 2. The molecule has 0 saturated heterocycles. The van der Waals surface area contributed by atoms with Gasteiger partial charge in [-0.1, -0.05) is 54.1 Å². The summed E-state index contributed by atoms with van der Waals surface area (Å²) in [6.45, 7) is 5.77. The van der Waals surface area contributed by atoms with Crippen LogP contribution in [0, 0.1) is 13.8 Å². The Morgan fingerprint density at radius 3 is 2.38 bits per heavy atom. The number of aryl methyl sites for hydroxylation is 3. The molecule has 29 heavy (non-hydrogen) atoms. The number of rotatable bonds is 7. The summed E-state index contributed by atoms with van der Waals surface area (Å²) in [7, 11) is 0. The first-order chi connectivity index (χ1) is 14.1. The number of imidazole rings is 1. The summed E-state index contributed by atoms with van der Waals surface area (Å²) in [5, 5.41) is 0.724. The highest BCUT2D eigenvalue weighted by Gasteiger charge is 2.14. The SMILES string of the molecule is Cc1cccc(C)c1OCCCCn1c(-c2ccccc2Cl)nc2ccccc21. The van der Waals surface area contributed by atoms with E-state index < -0.39 is 0 Å². The number of nitrogens with zero attached hydrogens (tertiary/aromatic N) is 2. The van der Waals surface area contributed by atoms with E-state index in [9.17, 15) is 0 Å². The molecule has 0 unspecified atom stereocenters. The predicted octanol–water partition coefficient (Wildman–Crippen LogP) is 6.83. The maximum absolute atomic E-state index is 6.47. The second kappa shape index (κ2) is 8.71. The lowest BCUT2D eigenvalue weighted by molar-refractivity contribution is 0.300. The molecule has 0 amide bonds. The highest BCUT2D eigenvalue weighted by Crippen LogP contribution is 2.30. The third kappa shape index (κ3) is 4.15. The average Bonchev–Trinajstić information content (AvgIpc) is 3.08. The Kier molecular flexibility index (Phi) is 5.86. The van der Waals surface area contributed by atoms with E-state index in [4.69, 9.17) is 21.3 Å². The molecule has 0 radical (unpaired) electrons. The minimum absolute atomic E-state index is 0.708. The van der Waals surface area contributed by atoms with Crippen LogP contribution in [0.1, 0.15) is 24.0 Å². The summed E-state index contributed by atoms with van der Waals surface area (Å²) >= 11 is 6.47. The molecule has 4 heteroatoms. The smallest absolute Gasteiger partial charge is 0.142 e. The van der Waals surface area contributed by atoms with E-state index in [-0.39, 0.29) is 0 Å². The number of unbranched alkanes of at least 4 members (excludes halogenated alkanes) is 1. The summed E-state index contributed by atoms with van der Waals surface area (Å²) in [5.74, 6) is 1.94. The number of benzene rings is 3. The number of halogens is 1. The Bertz CT molecular complexity index is 1110. The van der Waals surface area contributed by atoms with Gasteiger partial charge in [-0.2, -0.15) is 0 Å². The fourth-order valence-corrected chi connectivity index (χ4v) is 3.94. The van der Waals surface area contributed by atoms with Crippen LogP contribution in [-0.4, -0.2) is 16.2 Å². The van der Waals surface area contributed by atoms with Crippen molar-refractivity contribution in [2.24, 2.45) is 0 Å². The number of para-hydroxylation sites is 3. The van der Waals surface area contributed by atoms with Crippen molar-refractivity contribution in [3.05, 3.63) is 82.9 Å². The van der Waals surface area contributed by atoms with Gasteiger partial charge in [0.1, 0.15) is 11.6 Å². The van der Waals surface area contributed by atoms with E-state index in [1.165, 1.54) is 11.1 Å². The molecule has 148 valence electrons. The summed E-state index contributed by atoms with van der Waals surface area (Å²) in [6.07, 6.45) is 1.98. The standard InChI is InChI=1S/C25H25ClN2O/c1-18-10-9-11-19(2)24(18)29-17-8-7-16-28-23-15-6-5-14-22(23)27-25(28)20-12-3-4-13-21(20)26/h3-6,9-15H,7-8,16-17H2,1-2H3. The van der Waals surface area contributed by atoms with E-state index in [1.807, 2.05) is 30.3 Å². The van der Waals surface area contributed by atoms with E-state index >= 15 is 0 Å². The van der Waals surface area contributed by atoms with Gasteiger partial charge in [0.05, 0.1) is 22.7 Å². The fourth-order valence-electron chi connectivity index (χ4n) is 3.72. The van der Waals surface area contributed by atoms with Crippen molar-refractivity contribution in [3.63, 3.8) is 0 Å². The highest BCUT2D eigenvalue weighted by molar-refractivity contribution is 6.33. The molecule has 1 heterocycles. The monoisotopic (exact) mass is 404 g/mol. The molecule has 0 spiro atoms. The van der Waals surface area contributed by atoms with Gasteiger partial charge in [0.25, 0.3) is 0 Å². The summed E-state index contributed by atoms with van der Waals surface area (Å²) < 4.78 is 8.34. The van der Waals surface area contributed by atoms with Gasteiger partial charge < -0.3 is 9.30 Å². The maximum Gasteiger partial charge on any atom is 0.142 e. The van der Waals surface area contributed by atoms with Crippen molar-refractivity contribution < 1.29 is 4.74 Å². The summed E-state index contributed by atoms with van der Waals surface area (Å²) in [6, 6.07) is 22.4. The number of ether oxygens (including phenoxy) is 1. The van der Waals surface area contributed by atoms with Crippen LogP contribution in [0.25, 0.3) is 22.4 Å². The van der Waals surface area contributed by atoms with Crippen molar-refractivity contribution in [2.75, 3.05) is 6.61 Å². The van der Waals surface area contributed by atoms with Gasteiger partial charge >= 0.3 is 0 Å². The quantitative estimate of drug-likeness (QED) is 0.315. The van der Waals surface area contributed by atoms with Crippen molar-refractivity contribution in [1.82, 2.24) is 9.55 Å². The van der Waals surface area contributed by atoms with Gasteiger partial charge in [-0.15, -0.1) is 0 Å². The molecule has 0 aliphatic carbocycles. The molecule has 4 rings (SSSR count). The summed E-state index contributed by atoms with van der Waals surface area (Å²) in [5.41, 5.74) is 5.47. The molecular weight excluding hydrogens is 380 g/mol. The molecular formula is C25H25ClN2O. The molecule has 0 N–H and O–H groups in total. The first-order valence-corrected chi connectivity index (χ1v) is 10.4. The normalized spacial score (nSPS) is 11.1. The minimum Gasteiger partial charge on any atom is -0.493 e. The fraction of sp³-hybridized carbons (Fsp3) is 0.240. The number of hydrogen-bond donors (Lipinski definition) is 0. The van der Waals surface area contributed by atoms with Crippen LogP contribution in [0.5, 0.6) is 5.75 Å². The van der Waals surface area contributed by atoms with Gasteiger partial charge in [0.15, 0.2) is 0 Å². The third-order valence-corrected chi connectivity index (χ3v) is 5.53. The van der Waals surface area contributed by atoms with Gasteiger partial charge in [0.2, 0.25) is 0 Å². The Balaban J connectivity index is 1.49. The topological polar surface area (TPSA) is 27.1 Å². The summed E-state index contributed by atoms with van der Waals surface area (Å²) in [4.78, 5) is 4.86. The Morgan fingerprint density at radius 2 is 1.59 bits per heavy atom. The molecule has 0 fully saturated rings. The Labute approximate surface area is 176 Å². The molecule has 0 bridgehead atoms. The molecule has 3 nitrogen and oxygen atoms in total. The van der Waals surface area contributed by atoms with Crippen molar-refractivity contribution in [2.45, 2.75) is 33.2 Å². The van der Waals surface area contributed by atoms with Gasteiger partial charge in [-0.25, -0.2) is 4.98 Å². The van der Waals surface area contributed by atoms with Crippen molar-refractivity contribution >= 4 is 22.6 Å². The molecule has 1 aromatic heterocycles. The van der Waals surface area contributed by atoms with Gasteiger partial charge in [0, 0.05) is 12.1 Å². The molecule has 4 aromatic rings. The molecule has 3 aromatic carbocycles. The molecule has 0 atom stereocenters. The van der Waals surface area contributed by atoms with Crippen molar-refractivity contribution in [3.8, 4) is 17.1 Å². The first kappa shape index (κ1) is 19.5. The molecule has 0 aliphatic heterocycles. The van der Waals surface area contributed by atoms with E-state index in [0.29, 0.717) is 6.61 Å². The predicted molar refractivity (Wildman–Crippen MR) is 121 cm³/mol. The van der Waals surface area contributed by atoms with Crippen LogP contribution in [0.3, 0.4) is 0 Å². The van der Waals surface area contributed by atoms with Crippen LogP contribution in [0.2, 0.25) is 5.02 Å². The second-order valence-corrected chi connectivity index (χ2v) is 7.74. The van der Waals surface area contributed by atoms with Crippen LogP contribution in [-0.2, 0) is 6.54 Å². The first-order valence-electron chi connectivity index (χ1n) is 10.0. The lowest BCUT2D eigenvalue weighted by Crippen LogP contribution is -2.05. The average molecular weight is 405 g/mol. The van der Waals surface area contributed by atoms with E-state index in [2.05, 4.69) is 54.8 Å². The number of fused-ring (bicyclic) bond motifs is 1. The zero-order chi connectivity index (χ0) is 20.2. The van der Waals surface area contributed by atoms with E-state index in [1.54, 1.807) is 0 Å².